The minimum absolute atomic E-state index is 0.278. The van der Waals surface area contributed by atoms with E-state index in [1.165, 1.54) is 25.7 Å². The molecule has 4 aliphatic rings. The summed E-state index contributed by atoms with van der Waals surface area (Å²) in [4.78, 5) is 11.9. The van der Waals surface area contributed by atoms with Crippen LogP contribution in [-0.2, 0) is 14.5 Å². The zero-order valence-corrected chi connectivity index (χ0v) is 13.9. The van der Waals surface area contributed by atoms with Gasteiger partial charge in [0, 0.05) is 31.3 Å². The van der Waals surface area contributed by atoms with Crippen molar-refractivity contribution in [2.75, 3.05) is 6.61 Å². The molecular formula is C18H30O4. The molecule has 4 rings (SSSR count). The Bertz CT molecular complexity index is 413. The molecule has 0 radical (unpaired) electrons. The molecule has 3 saturated carbocycles. The molecule has 1 saturated heterocycles. The number of hydrogen-bond acceptors (Lipinski definition) is 4. The molecule has 4 fully saturated rings. The van der Waals surface area contributed by atoms with E-state index in [9.17, 15) is 5.11 Å². The maximum absolute atomic E-state index is 9.34. The zero-order chi connectivity index (χ0) is 15.4. The molecule has 0 amide bonds. The van der Waals surface area contributed by atoms with Crippen LogP contribution in [0.2, 0.25) is 0 Å². The minimum atomic E-state index is -0.548. The lowest BCUT2D eigenvalue weighted by Gasteiger charge is -2.50. The Morgan fingerprint density at radius 1 is 1.00 bits per heavy atom. The minimum Gasteiger partial charge on any atom is -0.396 e. The first-order valence-electron chi connectivity index (χ1n) is 9.23. The third-order valence-corrected chi connectivity index (χ3v) is 6.78. The molecule has 4 nitrogen and oxygen atoms in total. The van der Waals surface area contributed by atoms with Gasteiger partial charge < -0.3 is 9.84 Å². The van der Waals surface area contributed by atoms with Crippen molar-refractivity contribution in [3.05, 3.63) is 0 Å². The van der Waals surface area contributed by atoms with Crippen LogP contribution in [0.4, 0.5) is 0 Å². The second-order valence-electron chi connectivity index (χ2n) is 8.54. The fourth-order valence-corrected chi connectivity index (χ4v) is 5.62. The van der Waals surface area contributed by atoms with Crippen molar-refractivity contribution in [2.45, 2.75) is 76.8 Å². The molecule has 2 spiro atoms. The normalized spacial score (nSPS) is 55.0. The van der Waals surface area contributed by atoms with Crippen LogP contribution < -0.4 is 0 Å². The van der Waals surface area contributed by atoms with Gasteiger partial charge in [-0.05, 0) is 56.3 Å². The summed E-state index contributed by atoms with van der Waals surface area (Å²) in [5, 5.41) is 9.34. The lowest BCUT2D eigenvalue weighted by Crippen LogP contribution is -2.54. The van der Waals surface area contributed by atoms with Crippen molar-refractivity contribution >= 4 is 0 Å². The van der Waals surface area contributed by atoms with Gasteiger partial charge in [0.25, 0.3) is 0 Å². The highest BCUT2D eigenvalue weighted by Crippen LogP contribution is 2.58. The van der Waals surface area contributed by atoms with Crippen molar-refractivity contribution < 1.29 is 19.6 Å². The van der Waals surface area contributed by atoms with Gasteiger partial charge in [0.2, 0.25) is 11.6 Å². The molecule has 1 N–H and O–H groups in total. The van der Waals surface area contributed by atoms with E-state index < -0.39 is 11.6 Å². The zero-order valence-electron chi connectivity index (χ0n) is 13.9. The summed E-state index contributed by atoms with van der Waals surface area (Å²) in [6, 6.07) is 0. The fourth-order valence-electron chi connectivity index (χ4n) is 5.62. The molecule has 0 aromatic rings. The van der Waals surface area contributed by atoms with E-state index in [0.717, 1.165) is 37.5 Å². The van der Waals surface area contributed by atoms with Gasteiger partial charge in [0.1, 0.15) is 0 Å². The number of ether oxygens (including phenoxy) is 1. The Morgan fingerprint density at radius 3 is 2.50 bits per heavy atom. The summed E-state index contributed by atoms with van der Waals surface area (Å²) in [7, 11) is 0. The average molecular weight is 310 g/mol. The highest BCUT2D eigenvalue weighted by Gasteiger charge is 2.62. The SMILES string of the molecule is CC1CC2CC(C)C3(OOC4(CCC(CO)CC4)O3)C(C1)C2. The standard InChI is InChI=1S/C18H30O4/c1-12-7-15-9-13(2)18(16(8-12)10-15)20-17(21-22-18)5-3-14(11-19)4-6-17/h12-16,19H,3-11H2,1-2H3. The highest BCUT2D eigenvalue weighted by atomic mass is 17.3. The van der Waals surface area contributed by atoms with E-state index in [1.54, 1.807) is 0 Å². The molecular weight excluding hydrogens is 280 g/mol. The Kier molecular flexibility index (Phi) is 3.80. The van der Waals surface area contributed by atoms with Gasteiger partial charge in [-0.3, -0.25) is 0 Å². The molecule has 126 valence electrons. The van der Waals surface area contributed by atoms with Gasteiger partial charge in [-0.2, -0.15) is 9.78 Å². The van der Waals surface area contributed by atoms with Crippen LogP contribution in [0.5, 0.6) is 0 Å². The number of fused-ring (bicyclic) bond motifs is 3. The summed E-state index contributed by atoms with van der Waals surface area (Å²) >= 11 is 0. The van der Waals surface area contributed by atoms with Crippen LogP contribution in [0.3, 0.4) is 0 Å². The van der Waals surface area contributed by atoms with E-state index in [1.807, 2.05) is 0 Å². The first-order valence-corrected chi connectivity index (χ1v) is 9.23. The summed E-state index contributed by atoms with van der Waals surface area (Å²) in [5.41, 5.74) is 0. The van der Waals surface area contributed by atoms with Gasteiger partial charge >= 0.3 is 0 Å². The summed E-state index contributed by atoms with van der Waals surface area (Å²) in [6.07, 6.45) is 8.60. The number of hydrogen-bond donors (Lipinski definition) is 1. The largest absolute Gasteiger partial charge is 0.396 e. The van der Waals surface area contributed by atoms with Crippen molar-refractivity contribution in [3.8, 4) is 0 Å². The van der Waals surface area contributed by atoms with Gasteiger partial charge in [0.15, 0.2) is 0 Å². The second kappa shape index (κ2) is 5.44. The van der Waals surface area contributed by atoms with Crippen molar-refractivity contribution in [2.24, 2.45) is 29.6 Å². The van der Waals surface area contributed by atoms with Gasteiger partial charge in [-0.15, -0.1) is 0 Å². The number of rotatable bonds is 1. The molecule has 1 heterocycles. The molecule has 5 atom stereocenters. The Morgan fingerprint density at radius 2 is 1.77 bits per heavy atom. The van der Waals surface area contributed by atoms with Gasteiger partial charge in [-0.1, -0.05) is 13.8 Å². The van der Waals surface area contributed by atoms with Crippen LogP contribution in [0.1, 0.15) is 65.2 Å². The molecule has 1 aliphatic heterocycles. The summed E-state index contributed by atoms with van der Waals surface area (Å²) in [6.45, 7) is 4.91. The topological polar surface area (TPSA) is 47.9 Å². The van der Waals surface area contributed by atoms with Crippen LogP contribution >= 0.6 is 0 Å². The van der Waals surface area contributed by atoms with E-state index in [4.69, 9.17) is 14.5 Å². The van der Waals surface area contributed by atoms with Crippen molar-refractivity contribution in [3.63, 3.8) is 0 Å². The van der Waals surface area contributed by atoms with Gasteiger partial charge in [-0.25, -0.2) is 0 Å². The molecule has 5 unspecified atom stereocenters. The van der Waals surface area contributed by atoms with Crippen LogP contribution in [0.25, 0.3) is 0 Å². The van der Waals surface area contributed by atoms with Crippen LogP contribution in [0.15, 0.2) is 0 Å². The van der Waals surface area contributed by atoms with E-state index in [-0.39, 0.29) is 6.61 Å². The first-order chi connectivity index (χ1) is 10.6. The maximum atomic E-state index is 9.34. The summed E-state index contributed by atoms with van der Waals surface area (Å²) < 4.78 is 6.63. The predicted molar refractivity (Wildman–Crippen MR) is 81.5 cm³/mol. The lowest BCUT2D eigenvalue weighted by molar-refractivity contribution is -0.380. The number of aliphatic hydroxyl groups is 1. The summed E-state index contributed by atoms with van der Waals surface area (Å²) in [5.74, 6) is 1.81. The Hall–Kier alpha value is -0.160. The third kappa shape index (κ3) is 2.34. The van der Waals surface area contributed by atoms with E-state index in [2.05, 4.69) is 13.8 Å². The van der Waals surface area contributed by atoms with Crippen molar-refractivity contribution in [1.82, 2.24) is 0 Å². The quantitative estimate of drug-likeness (QED) is 0.751. The maximum Gasteiger partial charge on any atom is 0.210 e. The molecule has 2 bridgehead atoms. The molecule has 0 aromatic carbocycles. The van der Waals surface area contributed by atoms with Crippen LogP contribution in [0, 0.1) is 29.6 Å². The molecule has 22 heavy (non-hydrogen) atoms. The van der Waals surface area contributed by atoms with Gasteiger partial charge in [0.05, 0.1) is 0 Å². The van der Waals surface area contributed by atoms with E-state index in [0.29, 0.717) is 17.8 Å². The first kappa shape index (κ1) is 15.4. The van der Waals surface area contributed by atoms with Crippen LogP contribution in [-0.4, -0.2) is 23.3 Å². The second-order valence-corrected chi connectivity index (χ2v) is 8.54. The Labute approximate surface area is 133 Å². The molecule has 0 aromatic heterocycles. The monoisotopic (exact) mass is 310 g/mol. The van der Waals surface area contributed by atoms with E-state index >= 15 is 0 Å². The molecule has 3 aliphatic carbocycles. The highest BCUT2D eigenvalue weighted by molar-refractivity contribution is 4.99. The Balaban J connectivity index is 1.52. The van der Waals surface area contributed by atoms with Crippen molar-refractivity contribution in [1.29, 1.82) is 0 Å². The predicted octanol–water partition coefficient (Wildman–Crippen LogP) is 3.63. The fraction of sp³-hybridized carbons (Fsp3) is 1.00. The third-order valence-electron chi connectivity index (χ3n) is 6.78. The smallest absolute Gasteiger partial charge is 0.210 e. The average Bonchev–Trinajstić information content (AvgIpc) is 2.87. The lowest BCUT2D eigenvalue weighted by atomic mass is 9.62. The number of aliphatic hydroxyl groups excluding tert-OH is 1. The molecule has 4 heteroatoms.